The lowest BCUT2D eigenvalue weighted by Gasteiger charge is -2.19. The number of carbonyl (C=O) groups is 1. The summed E-state index contributed by atoms with van der Waals surface area (Å²) in [6.45, 7) is 1.25. The maximum absolute atomic E-state index is 11.7. The fourth-order valence-electron chi connectivity index (χ4n) is 3.31. The van der Waals surface area contributed by atoms with Crippen LogP contribution in [0.25, 0.3) is 16.9 Å². The van der Waals surface area contributed by atoms with Crippen molar-refractivity contribution >= 4 is 11.6 Å². The van der Waals surface area contributed by atoms with Gasteiger partial charge in [0, 0.05) is 56.8 Å². The number of ether oxygens (including phenoxy) is 1. The van der Waals surface area contributed by atoms with Crippen molar-refractivity contribution in [3.05, 3.63) is 30.9 Å². The molecular weight excluding hydrogens is 344 g/mol. The second kappa shape index (κ2) is 7.11. The molecule has 0 aromatic carbocycles. The van der Waals surface area contributed by atoms with Gasteiger partial charge >= 0.3 is 6.01 Å². The molecule has 27 heavy (non-hydrogen) atoms. The van der Waals surface area contributed by atoms with Crippen LogP contribution in [-0.4, -0.2) is 54.1 Å². The maximum Gasteiger partial charge on any atom is 0.303 e. The van der Waals surface area contributed by atoms with Crippen LogP contribution >= 0.6 is 0 Å². The summed E-state index contributed by atoms with van der Waals surface area (Å²) < 4.78 is 9.79. The van der Waals surface area contributed by atoms with E-state index in [2.05, 4.69) is 21.0 Å². The van der Waals surface area contributed by atoms with E-state index in [1.165, 1.54) is 0 Å². The van der Waals surface area contributed by atoms with Crippen LogP contribution in [0.3, 0.4) is 0 Å². The third-order valence-electron chi connectivity index (χ3n) is 4.72. The standard InChI is InChI=1S/C19H20N6O2/c1-3-18(26)24-8-4-5-15(6-9-24)27-19-22-16(14-12-21-23(2)13-14)11-17-20-7-10-25(17)19/h1,7,10-13,15H,4-6,8-9H2,2H3/t15-/m0/s1. The number of terminal acetylenes is 1. The Balaban J connectivity index is 1.59. The summed E-state index contributed by atoms with van der Waals surface area (Å²) in [4.78, 5) is 22.5. The molecule has 1 atom stereocenters. The fraction of sp³-hybridized carbons (Fsp3) is 0.368. The van der Waals surface area contributed by atoms with Gasteiger partial charge in [0.2, 0.25) is 0 Å². The van der Waals surface area contributed by atoms with E-state index in [-0.39, 0.29) is 12.0 Å². The van der Waals surface area contributed by atoms with Crippen LogP contribution < -0.4 is 4.74 Å². The molecular formula is C19H20N6O2. The van der Waals surface area contributed by atoms with E-state index >= 15 is 0 Å². The molecule has 0 radical (unpaired) electrons. The second-order valence-electron chi connectivity index (χ2n) is 6.59. The molecule has 138 valence electrons. The highest BCUT2D eigenvalue weighted by Crippen LogP contribution is 2.24. The lowest BCUT2D eigenvalue weighted by Crippen LogP contribution is -2.31. The molecule has 0 spiro atoms. The number of rotatable bonds is 3. The number of fused-ring (bicyclic) bond motifs is 1. The summed E-state index contributed by atoms with van der Waals surface area (Å²) in [5.41, 5.74) is 2.42. The molecule has 1 fully saturated rings. The van der Waals surface area contributed by atoms with E-state index in [1.54, 1.807) is 22.0 Å². The molecule has 1 amide bonds. The molecule has 0 bridgehead atoms. The van der Waals surface area contributed by atoms with Crippen molar-refractivity contribution < 1.29 is 9.53 Å². The Morgan fingerprint density at radius 2 is 2.26 bits per heavy atom. The van der Waals surface area contributed by atoms with Gasteiger partial charge in [0.05, 0.1) is 11.9 Å². The molecule has 4 rings (SSSR count). The topological polar surface area (TPSA) is 77.6 Å². The normalized spacial score (nSPS) is 17.5. The molecule has 0 saturated carbocycles. The highest BCUT2D eigenvalue weighted by molar-refractivity contribution is 5.92. The first-order valence-corrected chi connectivity index (χ1v) is 8.89. The third-order valence-corrected chi connectivity index (χ3v) is 4.72. The van der Waals surface area contributed by atoms with Gasteiger partial charge in [-0.15, -0.1) is 6.42 Å². The van der Waals surface area contributed by atoms with Gasteiger partial charge in [-0.2, -0.15) is 10.1 Å². The minimum atomic E-state index is -0.260. The zero-order chi connectivity index (χ0) is 18.8. The summed E-state index contributed by atoms with van der Waals surface area (Å²) >= 11 is 0. The number of aromatic nitrogens is 5. The van der Waals surface area contributed by atoms with Gasteiger partial charge < -0.3 is 9.64 Å². The lowest BCUT2D eigenvalue weighted by molar-refractivity contribution is -0.125. The average Bonchev–Trinajstić information content (AvgIpc) is 3.26. The molecule has 1 aliphatic rings. The number of amides is 1. The number of hydrogen-bond acceptors (Lipinski definition) is 5. The summed E-state index contributed by atoms with van der Waals surface area (Å²) in [6.07, 6.45) is 14.8. The van der Waals surface area contributed by atoms with Gasteiger partial charge in [0.1, 0.15) is 11.8 Å². The molecule has 8 nitrogen and oxygen atoms in total. The van der Waals surface area contributed by atoms with Gasteiger partial charge in [0.25, 0.3) is 5.91 Å². The molecule has 4 heterocycles. The number of hydrogen-bond donors (Lipinski definition) is 0. The summed E-state index contributed by atoms with van der Waals surface area (Å²) in [5, 5.41) is 4.21. The van der Waals surface area contributed by atoms with Crippen molar-refractivity contribution in [1.29, 1.82) is 0 Å². The quantitative estimate of drug-likeness (QED) is 0.659. The Morgan fingerprint density at radius 3 is 3.04 bits per heavy atom. The van der Waals surface area contributed by atoms with E-state index < -0.39 is 0 Å². The smallest absolute Gasteiger partial charge is 0.303 e. The first kappa shape index (κ1) is 17.1. The molecule has 0 unspecified atom stereocenters. The monoisotopic (exact) mass is 364 g/mol. The minimum absolute atomic E-state index is 0.0391. The van der Waals surface area contributed by atoms with Crippen molar-refractivity contribution in [2.75, 3.05) is 13.1 Å². The minimum Gasteiger partial charge on any atom is -0.461 e. The van der Waals surface area contributed by atoms with Crippen LogP contribution in [0.4, 0.5) is 0 Å². The van der Waals surface area contributed by atoms with Gasteiger partial charge in [0.15, 0.2) is 0 Å². The van der Waals surface area contributed by atoms with Crippen LogP contribution in [0.2, 0.25) is 0 Å². The largest absolute Gasteiger partial charge is 0.461 e. The first-order chi connectivity index (χ1) is 13.1. The Hall–Kier alpha value is -3.34. The third kappa shape index (κ3) is 3.49. The first-order valence-electron chi connectivity index (χ1n) is 8.89. The highest BCUT2D eigenvalue weighted by Gasteiger charge is 2.22. The molecule has 0 aliphatic carbocycles. The van der Waals surface area contributed by atoms with Crippen LogP contribution in [-0.2, 0) is 11.8 Å². The zero-order valence-corrected chi connectivity index (χ0v) is 15.1. The van der Waals surface area contributed by atoms with E-state index in [9.17, 15) is 4.79 Å². The SMILES string of the molecule is C#CC(=O)N1CCC[C@H](Oc2nc(-c3cnn(C)c3)cc3nccn23)CC1. The van der Waals surface area contributed by atoms with Crippen molar-refractivity contribution in [2.24, 2.45) is 7.05 Å². The van der Waals surface area contributed by atoms with Gasteiger partial charge in [-0.3, -0.25) is 13.9 Å². The van der Waals surface area contributed by atoms with Crippen LogP contribution in [0.5, 0.6) is 6.01 Å². The highest BCUT2D eigenvalue weighted by atomic mass is 16.5. The number of imidazole rings is 1. The van der Waals surface area contributed by atoms with E-state index in [0.717, 1.165) is 29.7 Å². The van der Waals surface area contributed by atoms with Crippen molar-refractivity contribution in [3.8, 4) is 29.6 Å². The van der Waals surface area contributed by atoms with Gasteiger partial charge in [-0.25, -0.2) is 4.98 Å². The van der Waals surface area contributed by atoms with E-state index in [1.807, 2.05) is 29.9 Å². The second-order valence-corrected chi connectivity index (χ2v) is 6.59. The number of likely N-dealkylation sites (tertiary alicyclic amines) is 1. The Bertz CT molecular complexity index is 1010. The Kier molecular flexibility index (Phi) is 4.50. The van der Waals surface area contributed by atoms with E-state index in [0.29, 0.717) is 25.5 Å². The fourth-order valence-corrected chi connectivity index (χ4v) is 3.31. The summed E-state index contributed by atoms with van der Waals surface area (Å²) in [7, 11) is 1.86. The molecule has 8 heteroatoms. The van der Waals surface area contributed by atoms with Crippen LogP contribution in [0.1, 0.15) is 19.3 Å². The van der Waals surface area contributed by atoms with Gasteiger partial charge in [-0.1, -0.05) is 0 Å². The molecule has 1 aliphatic heterocycles. The predicted octanol–water partition coefficient (Wildman–Crippen LogP) is 1.52. The summed E-state index contributed by atoms with van der Waals surface area (Å²) in [5.74, 6) is 1.93. The number of aryl methyl sites for hydroxylation is 1. The average molecular weight is 364 g/mol. The lowest BCUT2D eigenvalue weighted by atomic mass is 10.2. The number of carbonyl (C=O) groups excluding carboxylic acids is 1. The van der Waals surface area contributed by atoms with Crippen LogP contribution in [0, 0.1) is 12.3 Å². The molecule has 0 N–H and O–H groups in total. The Labute approximate surface area is 156 Å². The van der Waals surface area contributed by atoms with Crippen molar-refractivity contribution in [1.82, 2.24) is 29.0 Å². The van der Waals surface area contributed by atoms with E-state index in [4.69, 9.17) is 11.2 Å². The van der Waals surface area contributed by atoms with Crippen molar-refractivity contribution in [3.63, 3.8) is 0 Å². The molecule has 3 aromatic heterocycles. The Morgan fingerprint density at radius 1 is 1.37 bits per heavy atom. The molecule has 3 aromatic rings. The van der Waals surface area contributed by atoms with Crippen molar-refractivity contribution in [2.45, 2.75) is 25.4 Å². The summed E-state index contributed by atoms with van der Waals surface area (Å²) in [6, 6.07) is 2.40. The molecule has 1 saturated heterocycles. The number of nitrogens with zero attached hydrogens (tertiary/aromatic N) is 6. The van der Waals surface area contributed by atoms with Crippen LogP contribution in [0.15, 0.2) is 30.9 Å². The maximum atomic E-state index is 11.7. The predicted molar refractivity (Wildman–Crippen MR) is 98.9 cm³/mol. The zero-order valence-electron chi connectivity index (χ0n) is 15.1. The van der Waals surface area contributed by atoms with Gasteiger partial charge in [-0.05, 0) is 18.8 Å².